The first-order valence-electron chi connectivity index (χ1n) is 4.12. The van der Waals surface area contributed by atoms with E-state index >= 15 is 0 Å². The van der Waals surface area contributed by atoms with Gasteiger partial charge in [0.15, 0.2) is 0 Å². The summed E-state index contributed by atoms with van der Waals surface area (Å²) in [6, 6.07) is 5.79. The zero-order valence-corrected chi connectivity index (χ0v) is 12.1. The molecule has 0 saturated heterocycles. The van der Waals surface area contributed by atoms with Crippen LogP contribution in [0.1, 0.15) is 0 Å². The fraction of sp³-hybridized carbons (Fsp3) is 0.111. The summed E-state index contributed by atoms with van der Waals surface area (Å²) in [6.45, 7) is 0. The maximum absolute atomic E-state index is 5.13. The summed E-state index contributed by atoms with van der Waals surface area (Å²) in [5.41, 5.74) is 0.958. The highest BCUT2D eigenvalue weighted by Crippen LogP contribution is 2.21. The van der Waals surface area contributed by atoms with Gasteiger partial charge in [-0.05, 0) is 63.4 Å². The molecule has 0 N–H and O–H groups in total. The van der Waals surface area contributed by atoms with E-state index in [0.717, 1.165) is 18.7 Å². The Labute approximate surface area is 114 Å². The summed E-state index contributed by atoms with van der Waals surface area (Å²) >= 11 is 4.37. The molecule has 0 atom stereocenters. The highest BCUT2D eigenvalue weighted by molar-refractivity contribution is 14.1. The van der Waals surface area contributed by atoms with Gasteiger partial charge in [-0.2, -0.15) is 5.10 Å². The molecular formula is C9H7I2N3O. The molecule has 0 saturated carbocycles. The van der Waals surface area contributed by atoms with Crippen LogP contribution in [0.15, 0.2) is 24.4 Å². The minimum atomic E-state index is 0.838. The number of ether oxygens (including phenoxy) is 1. The van der Waals surface area contributed by atoms with Gasteiger partial charge in [0.25, 0.3) is 0 Å². The summed E-state index contributed by atoms with van der Waals surface area (Å²) < 4.78 is 7.06. The van der Waals surface area contributed by atoms with Crippen molar-refractivity contribution in [3.05, 3.63) is 31.7 Å². The van der Waals surface area contributed by atoms with E-state index in [1.54, 1.807) is 18.1 Å². The van der Waals surface area contributed by atoms with E-state index in [2.05, 4.69) is 55.4 Å². The second-order valence-corrected chi connectivity index (χ2v) is 5.04. The number of nitrogens with zero attached hydrogens (tertiary/aromatic N) is 3. The highest BCUT2D eigenvalue weighted by Gasteiger charge is 2.06. The van der Waals surface area contributed by atoms with Crippen LogP contribution >= 0.6 is 45.2 Å². The van der Waals surface area contributed by atoms with Gasteiger partial charge >= 0.3 is 0 Å². The molecule has 0 fully saturated rings. The maximum atomic E-state index is 5.13. The number of benzene rings is 1. The summed E-state index contributed by atoms with van der Waals surface area (Å²) in [7, 11) is 1.65. The summed E-state index contributed by atoms with van der Waals surface area (Å²) in [4.78, 5) is 1.61. The molecule has 0 aliphatic heterocycles. The normalized spacial score (nSPS) is 10.3. The smallest absolute Gasteiger partial charge is 0.143 e. The third kappa shape index (κ3) is 2.41. The fourth-order valence-corrected chi connectivity index (χ4v) is 2.17. The standard InChI is InChI=1S/C9H7I2N3O/c1-15-6-2-3-8(7(10)4-6)14-12-5-9(11)13-14/h2-5H,1H3. The van der Waals surface area contributed by atoms with Crippen LogP contribution in [0.2, 0.25) is 0 Å². The van der Waals surface area contributed by atoms with E-state index < -0.39 is 0 Å². The topological polar surface area (TPSA) is 39.9 Å². The van der Waals surface area contributed by atoms with Gasteiger partial charge < -0.3 is 4.74 Å². The second kappa shape index (κ2) is 4.64. The minimum Gasteiger partial charge on any atom is -0.497 e. The Bertz CT molecular complexity index is 484. The number of methoxy groups -OCH3 is 1. The molecule has 0 radical (unpaired) electrons. The van der Waals surface area contributed by atoms with Crippen LogP contribution in [0.5, 0.6) is 5.75 Å². The lowest BCUT2D eigenvalue weighted by Gasteiger charge is -2.05. The van der Waals surface area contributed by atoms with E-state index in [1.165, 1.54) is 0 Å². The third-order valence-corrected chi connectivity index (χ3v) is 3.19. The maximum Gasteiger partial charge on any atom is 0.143 e. The molecule has 0 amide bonds. The predicted molar refractivity (Wildman–Crippen MR) is 73.3 cm³/mol. The molecule has 15 heavy (non-hydrogen) atoms. The molecule has 0 unspecified atom stereocenters. The number of aromatic nitrogens is 3. The van der Waals surface area contributed by atoms with Crippen LogP contribution in [0.4, 0.5) is 0 Å². The van der Waals surface area contributed by atoms with Gasteiger partial charge in [-0.1, -0.05) is 0 Å². The Balaban J connectivity index is 2.45. The molecule has 0 bridgehead atoms. The van der Waals surface area contributed by atoms with Crippen LogP contribution in [0.25, 0.3) is 5.69 Å². The zero-order valence-electron chi connectivity index (χ0n) is 7.82. The van der Waals surface area contributed by atoms with E-state index in [0.29, 0.717) is 0 Å². The molecule has 0 aliphatic rings. The van der Waals surface area contributed by atoms with E-state index in [1.807, 2.05) is 18.2 Å². The molecule has 0 aliphatic carbocycles. The van der Waals surface area contributed by atoms with Gasteiger partial charge in [-0.3, -0.25) is 0 Å². The van der Waals surface area contributed by atoms with Gasteiger partial charge in [0.2, 0.25) is 0 Å². The number of hydrogen-bond acceptors (Lipinski definition) is 3. The molecular weight excluding hydrogens is 420 g/mol. The second-order valence-electron chi connectivity index (χ2n) is 2.77. The minimum absolute atomic E-state index is 0.838. The molecule has 1 aromatic heterocycles. The van der Waals surface area contributed by atoms with Crippen molar-refractivity contribution in [1.29, 1.82) is 0 Å². The van der Waals surface area contributed by atoms with Crippen molar-refractivity contribution in [2.24, 2.45) is 0 Å². The first kappa shape index (κ1) is 11.1. The lowest BCUT2D eigenvalue weighted by Crippen LogP contribution is -2.01. The Kier molecular flexibility index (Phi) is 3.44. The van der Waals surface area contributed by atoms with Crippen LogP contribution in [0, 0.1) is 7.27 Å². The number of hydrogen-bond donors (Lipinski definition) is 0. The SMILES string of the molecule is COc1ccc(-n2ncc(I)n2)c(I)c1. The summed E-state index contributed by atoms with van der Waals surface area (Å²) in [5.74, 6) is 0.838. The Morgan fingerprint density at radius 1 is 1.33 bits per heavy atom. The van der Waals surface area contributed by atoms with Crippen molar-refractivity contribution < 1.29 is 4.74 Å². The van der Waals surface area contributed by atoms with Crippen LogP contribution in [0.3, 0.4) is 0 Å². The third-order valence-electron chi connectivity index (χ3n) is 1.83. The van der Waals surface area contributed by atoms with Crippen molar-refractivity contribution in [2.75, 3.05) is 7.11 Å². The average Bonchev–Trinajstić information content (AvgIpc) is 2.64. The fourth-order valence-electron chi connectivity index (χ4n) is 1.14. The van der Waals surface area contributed by atoms with Crippen molar-refractivity contribution >= 4 is 45.2 Å². The average molecular weight is 427 g/mol. The number of halogens is 2. The van der Waals surface area contributed by atoms with Crippen molar-refractivity contribution in [1.82, 2.24) is 15.0 Å². The predicted octanol–water partition coefficient (Wildman–Crippen LogP) is 2.49. The van der Waals surface area contributed by atoms with Crippen molar-refractivity contribution in [3.8, 4) is 11.4 Å². The first-order valence-corrected chi connectivity index (χ1v) is 6.28. The Morgan fingerprint density at radius 3 is 2.67 bits per heavy atom. The van der Waals surface area contributed by atoms with Gasteiger partial charge in [0, 0.05) is 3.57 Å². The van der Waals surface area contributed by atoms with E-state index in [-0.39, 0.29) is 0 Å². The Morgan fingerprint density at radius 2 is 2.13 bits per heavy atom. The van der Waals surface area contributed by atoms with Gasteiger partial charge in [0.1, 0.15) is 9.45 Å². The van der Waals surface area contributed by atoms with Gasteiger partial charge in [0.05, 0.1) is 19.0 Å². The van der Waals surface area contributed by atoms with Crippen LogP contribution in [-0.4, -0.2) is 22.1 Å². The van der Waals surface area contributed by atoms with Crippen LogP contribution < -0.4 is 4.74 Å². The lowest BCUT2D eigenvalue weighted by atomic mass is 10.3. The van der Waals surface area contributed by atoms with Gasteiger partial charge in [-0.15, -0.1) is 9.90 Å². The molecule has 0 spiro atoms. The molecule has 78 valence electrons. The Hall–Kier alpha value is -0.380. The first-order chi connectivity index (χ1) is 7.20. The summed E-state index contributed by atoms with van der Waals surface area (Å²) in [5, 5.41) is 8.40. The van der Waals surface area contributed by atoms with Crippen molar-refractivity contribution in [2.45, 2.75) is 0 Å². The van der Waals surface area contributed by atoms with Crippen LogP contribution in [-0.2, 0) is 0 Å². The molecule has 4 nitrogen and oxygen atoms in total. The molecule has 2 rings (SSSR count). The quantitative estimate of drug-likeness (QED) is 0.693. The molecule has 2 aromatic rings. The van der Waals surface area contributed by atoms with E-state index in [9.17, 15) is 0 Å². The van der Waals surface area contributed by atoms with Gasteiger partial charge in [-0.25, -0.2) is 0 Å². The molecule has 1 heterocycles. The molecule has 6 heteroatoms. The highest BCUT2D eigenvalue weighted by atomic mass is 127. The van der Waals surface area contributed by atoms with Crippen molar-refractivity contribution in [3.63, 3.8) is 0 Å². The summed E-state index contributed by atoms with van der Waals surface area (Å²) in [6.07, 6.45) is 1.72. The zero-order chi connectivity index (χ0) is 10.8. The van der Waals surface area contributed by atoms with E-state index in [4.69, 9.17) is 4.74 Å². The monoisotopic (exact) mass is 427 g/mol. The largest absolute Gasteiger partial charge is 0.497 e. The number of rotatable bonds is 2. The lowest BCUT2D eigenvalue weighted by molar-refractivity contribution is 0.414. The molecule has 1 aromatic carbocycles.